The van der Waals surface area contributed by atoms with Crippen LogP contribution in [0.5, 0.6) is 0 Å². The zero-order chi connectivity index (χ0) is 13.1. The summed E-state index contributed by atoms with van der Waals surface area (Å²) in [4.78, 5) is 15.7. The first kappa shape index (κ1) is 12.3. The molecular formula is C12H9ClFN3O. The van der Waals surface area contributed by atoms with E-state index in [4.69, 9.17) is 17.3 Å². The highest BCUT2D eigenvalue weighted by atomic mass is 35.5. The molecule has 0 aliphatic carbocycles. The van der Waals surface area contributed by atoms with Gasteiger partial charge in [-0.3, -0.25) is 4.79 Å². The molecule has 1 heterocycles. The third-order valence-electron chi connectivity index (χ3n) is 2.23. The minimum absolute atomic E-state index is 0.0678. The monoisotopic (exact) mass is 265 g/mol. The summed E-state index contributed by atoms with van der Waals surface area (Å²) in [6, 6.07) is 7.08. The molecule has 0 saturated carbocycles. The fraction of sp³-hybridized carbons (Fsp3) is 0. The van der Waals surface area contributed by atoms with Crippen molar-refractivity contribution < 1.29 is 9.18 Å². The van der Waals surface area contributed by atoms with Crippen molar-refractivity contribution >= 4 is 28.9 Å². The van der Waals surface area contributed by atoms with E-state index in [-0.39, 0.29) is 16.4 Å². The summed E-state index contributed by atoms with van der Waals surface area (Å²) in [5, 5.41) is 2.47. The Morgan fingerprint density at radius 1 is 1.39 bits per heavy atom. The first-order chi connectivity index (χ1) is 8.58. The standard InChI is InChI=1S/C12H9ClFN3O/c13-8-6-7(3-4-9(8)14)17-12(18)11-10(15)2-1-5-16-11/h1-6H,15H2,(H,17,18). The van der Waals surface area contributed by atoms with Crippen LogP contribution in [0.4, 0.5) is 15.8 Å². The molecule has 0 saturated heterocycles. The smallest absolute Gasteiger partial charge is 0.276 e. The summed E-state index contributed by atoms with van der Waals surface area (Å²) >= 11 is 5.61. The second kappa shape index (κ2) is 5.01. The van der Waals surface area contributed by atoms with Crippen LogP contribution >= 0.6 is 11.6 Å². The van der Waals surface area contributed by atoms with Gasteiger partial charge in [0.2, 0.25) is 0 Å². The Morgan fingerprint density at radius 3 is 2.83 bits per heavy atom. The van der Waals surface area contributed by atoms with E-state index in [9.17, 15) is 9.18 Å². The maximum Gasteiger partial charge on any atom is 0.276 e. The number of hydrogen-bond donors (Lipinski definition) is 2. The Balaban J connectivity index is 2.22. The highest BCUT2D eigenvalue weighted by molar-refractivity contribution is 6.31. The van der Waals surface area contributed by atoms with Crippen molar-refractivity contribution in [2.45, 2.75) is 0 Å². The van der Waals surface area contributed by atoms with Crippen molar-refractivity contribution in [3.63, 3.8) is 0 Å². The Labute approximate surface area is 108 Å². The molecule has 0 spiro atoms. The van der Waals surface area contributed by atoms with Gasteiger partial charge >= 0.3 is 0 Å². The number of nitrogen functional groups attached to an aromatic ring is 1. The average molecular weight is 266 g/mol. The number of hydrogen-bond acceptors (Lipinski definition) is 3. The highest BCUT2D eigenvalue weighted by Crippen LogP contribution is 2.20. The third kappa shape index (κ3) is 2.57. The van der Waals surface area contributed by atoms with Crippen LogP contribution in [0, 0.1) is 5.82 Å². The average Bonchev–Trinajstić information content (AvgIpc) is 2.34. The molecule has 92 valence electrons. The van der Waals surface area contributed by atoms with Gasteiger partial charge in [-0.2, -0.15) is 0 Å². The van der Waals surface area contributed by atoms with Gasteiger partial charge in [0.05, 0.1) is 10.7 Å². The number of carbonyl (C=O) groups is 1. The summed E-state index contributed by atoms with van der Waals surface area (Å²) in [6.07, 6.45) is 1.46. The molecule has 6 heteroatoms. The number of aromatic nitrogens is 1. The topological polar surface area (TPSA) is 68.0 Å². The molecule has 1 amide bonds. The first-order valence-electron chi connectivity index (χ1n) is 5.05. The second-order valence-corrected chi connectivity index (χ2v) is 3.93. The van der Waals surface area contributed by atoms with E-state index in [0.29, 0.717) is 5.69 Å². The molecule has 0 fully saturated rings. The number of rotatable bonds is 2. The number of carbonyl (C=O) groups excluding carboxylic acids is 1. The summed E-state index contributed by atoms with van der Waals surface area (Å²) in [5.41, 5.74) is 6.37. The van der Waals surface area contributed by atoms with Gasteiger partial charge in [-0.1, -0.05) is 11.6 Å². The second-order valence-electron chi connectivity index (χ2n) is 3.52. The molecule has 1 aromatic carbocycles. The third-order valence-corrected chi connectivity index (χ3v) is 2.52. The lowest BCUT2D eigenvalue weighted by molar-refractivity contribution is 0.102. The minimum Gasteiger partial charge on any atom is -0.397 e. The maximum atomic E-state index is 12.9. The molecule has 0 aliphatic rings. The van der Waals surface area contributed by atoms with Crippen LogP contribution in [0.3, 0.4) is 0 Å². The first-order valence-corrected chi connectivity index (χ1v) is 5.42. The summed E-state index contributed by atoms with van der Waals surface area (Å²) in [6.45, 7) is 0. The van der Waals surface area contributed by atoms with Gasteiger partial charge in [-0.05, 0) is 30.3 Å². The van der Waals surface area contributed by atoms with Crippen LogP contribution in [-0.4, -0.2) is 10.9 Å². The summed E-state index contributed by atoms with van der Waals surface area (Å²) in [7, 11) is 0. The van der Waals surface area contributed by atoms with Gasteiger partial charge in [0.25, 0.3) is 5.91 Å². The molecule has 0 radical (unpaired) electrons. The van der Waals surface area contributed by atoms with Gasteiger partial charge in [-0.25, -0.2) is 9.37 Å². The highest BCUT2D eigenvalue weighted by Gasteiger charge is 2.11. The van der Waals surface area contributed by atoms with Gasteiger partial charge in [0.1, 0.15) is 5.82 Å². The van der Waals surface area contributed by atoms with Gasteiger partial charge in [-0.15, -0.1) is 0 Å². The number of nitrogens with zero attached hydrogens (tertiary/aromatic N) is 1. The number of benzene rings is 1. The zero-order valence-electron chi connectivity index (χ0n) is 9.15. The lowest BCUT2D eigenvalue weighted by Gasteiger charge is -2.06. The van der Waals surface area contributed by atoms with Crippen molar-refractivity contribution in [1.29, 1.82) is 0 Å². The Hall–Kier alpha value is -2.14. The van der Waals surface area contributed by atoms with E-state index in [1.54, 1.807) is 12.1 Å². The quantitative estimate of drug-likeness (QED) is 0.877. The van der Waals surface area contributed by atoms with Crippen molar-refractivity contribution in [2.75, 3.05) is 11.1 Å². The van der Waals surface area contributed by atoms with Gasteiger partial charge in [0.15, 0.2) is 5.69 Å². The Morgan fingerprint density at radius 2 is 2.17 bits per heavy atom. The van der Waals surface area contributed by atoms with E-state index in [0.717, 1.165) is 0 Å². The molecule has 18 heavy (non-hydrogen) atoms. The van der Waals surface area contributed by atoms with E-state index < -0.39 is 11.7 Å². The predicted molar refractivity (Wildman–Crippen MR) is 68.0 cm³/mol. The van der Waals surface area contributed by atoms with Crippen LogP contribution in [0.1, 0.15) is 10.5 Å². The Bertz CT molecular complexity index is 604. The molecule has 4 nitrogen and oxygen atoms in total. The molecule has 0 atom stereocenters. The lowest BCUT2D eigenvalue weighted by atomic mass is 10.2. The maximum absolute atomic E-state index is 12.9. The van der Waals surface area contributed by atoms with Crippen molar-refractivity contribution in [3.05, 3.63) is 53.1 Å². The van der Waals surface area contributed by atoms with E-state index in [1.165, 1.54) is 24.4 Å². The lowest BCUT2D eigenvalue weighted by Crippen LogP contribution is -2.15. The molecule has 3 N–H and O–H groups in total. The number of nitrogens with one attached hydrogen (secondary N) is 1. The largest absolute Gasteiger partial charge is 0.397 e. The molecular weight excluding hydrogens is 257 g/mol. The van der Waals surface area contributed by atoms with E-state index in [1.807, 2.05) is 0 Å². The van der Waals surface area contributed by atoms with E-state index >= 15 is 0 Å². The fourth-order valence-electron chi connectivity index (χ4n) is 1.37. The fourth-order valence-corrected chi connectivity index (χ4v) is 1.55. The zero-order valence-corrected chi connectivity index (χ0v) is 9.91. The molecule has 1 aromatic heterocycles. The molecule has 2 aromatic rings. The number of halogens is 2. The summed E-state index contributed by atoms with van der Waals surface area (Å²) < 4.78 is 12.9. The molecule has 0 unspecified atom stereocenters. The van der Waals surface area contributed by atoms with Crippen LogP contribution in [0.25, 0.3) is 0 Å². The Kier molecular flexibility index (Phi) is 3.43. The van der Waals surface area contributed by atoms with Crippen LogP contribution in [0.2, 0.25) is 5.02 Å². The number of anilines is 2. The molecule has 0 aliphatic heterocycles. The number of amides is 1. The minimum atomic E-state index is -0.549. The van der Waals surface area contributed by atoms with Gasteiger partial charge < -0.3 is 11.1 Å². The summed E-state index contributed by atoms with van der Waals surface area (Å²) in [5.74, 6) is -1.03. The van der Waals surface area contributed by atoms with Crippen molar-refractivity contribution in [1.82, 2.24) is 4.98 Å². The SMILES string of the molecule is Nc1cccnc1C(=O)Nc1ccc(F)c(Cl)c1. The van der Waals surface area contributed by atoms with Crippen LogP contribution < -0.4 is 11.1 Å². The van der Waals surface area contributed by atoms with E-state index in [2.05, 4.69) is 10.3 Å². The van der Waals surface area contributed by atoms with Crippen LogP contribution in [-0.2, 0) is 0 Å². The number of pyridine rings is 1. The number of nitrogens with two attached hydrogens (primary N) is 1. The van der Waals surface area contributed by atoms with Crippen LogP contribution in [0.15, 0.2) is 36.5 Å². The molecule has 2 rings (SSSR count). The van der Waals surface area contributed by atoms with Crippen molar-refractivity contribution in [2.24, 2.45) is 0 Å². The van der Waals surface area contributed by atoms with Gasteiger partial charge in [0, 0.05) is 11.9 Å². The van der Waals surface area contributed by atoms with Crippen molar-refractivity contribution in [3.8, 4) is 0 Å². The predicted octanol–water partition coefficient (Wildman–Crippen LogP) is 2.71. The normalized spacial score (nSPS) is 10.1. The molecule has 0 bridgehead atoms.